The van der Waals surface area contributed by atoms with E-state index in [1.807, 2.05) is 25.7 Å². The zero-order valence-electron chi connectivity index (χ0n) is 14.6. The Morgan fingerprint density at radius 3 is 2.29 bits per heavy atom. The summed E-state index contributed by atoms with van der Waals surface area (Å²) in [6, 6.07) is 0. The van der Waals surface area contributed by atoms with Gasteiger partial charge in [-0.15, -0.1) is 0 Å². The number of carbonyl (C=O) groups excluding carboxylic acids is 1. The van der Waals surface area contributed by atoms with Crippen molar-refractivity contribution in [2.75, 3.05) is 19.7 Å². The zero-order chi connectivity index (χ0) is 17.9. The molecular formula is C17H28ClN3O3. The van der Waals surface area contributed by atoms with E-state index in [4.69, 9.17) is 32.5 Å². The van der Waals surface area contributed by atoms with Gasteiger partial charge in [0.1, 0.15) is 5.60 Å². The van der Waals surface area contributed by atoms with Crippen LogP contribution in [-0.4, -0.2) is 36.3 Å². The number of nitrogens with two attached hydrogens (primary N) is 2. The van der Waals surface area contributed by atoms with E-state index in [0.29, 0.717) is 30.2 Å². The molecule has 2 atom stereocenters. The van der Waals surface area contributed by atoms with Crippen LogP contribution in [0, 0.1) is 17.8 Å². The Bertz CT molecular complexity index is 510. The number of hydrogen-bond donors (Lipinski definition) is 2. The van der Waals surface area contributed by atoms with Crippen molar-refractivity contribution in [3.63, 3.8) is 0 Å². The van der Waals surface area contributed by atoms with Crippen molar-refractivity contribution in [2.45, 2.75) is 39.2 Å². The van der Waals surface area contributed by atoms with Crippen LogP contribution in [0.3, 0.4) is 0 Å². The number of rotatable bonds is 4. The van der Waals surface area contributed by atoms with Gasteiger partial charge in [0.2, 0.25) is 0 Å². The van der Waals surface area contributed by atoms with Gasteiger partial charge < -0.3 is 25.8 Å². The third kappa shape index (κ3) is 5.51. The molecule has 0 spiro atoms. The molecule has 6 nitrogen and oxygen atoms in total. The second-order valence-electron chi connectivity index (χ2n) is 7.67. The summed E-state index contributed by atoms with van der Waals surface area (Å²) in [5, 5.41) is 0.166. The van der Waals surface area contributed by atoms with Crippen molar-refractivity contribution in [2.24, 2.45) is 29.2 Å². The maximum atomic E-state index is 12.1. The van der Waals surface area contributed by atoms with Crippen molar-refractivity contribution in [3.05, 3.63) is 23.2 Å². The Balaban J connectivity index is 1.76. The molecule has 1 saturated carbocycles. The van der Waals surface area contributed by atoms with Crippen molar-refractivity contribution >= 4 is 17.7 Å². The van der Waals surface area contributed by atoms with Gasteiger partial charge >= 0.3 is 6.09 Å². The number of likely N-dealkylation sites (tertiary alicyclic amines) is 1. The lowest BCUT2D eigenvalue weighted by Gasteiger charge is -2.25. The van der Waals surface area contributed by atoms with Crippen LogP contribution in [0.1, 0.15) is 33.6 Å². The van der Waals surface area contributed by atoms with Crippen molar-refractivity contribution < 1.29 is 14.3 Å². The van der Waals surface area contributed by atoms with Gasteiger partial charge in [-0.1, -0.05) is 11.6 Å². The number of allylic oxidation sites excluding steroid dienone is 2. The van der Waals surface area contributed by atoms with Gasteiger partial charge in [-0.05, 0) is 57.4 Å². The van der Waals surface area contributed by atoms with Crippen LogP contribution in [0.4, 0.5) is 4.79 Å². The Morgan fingerprint density at radius 2 is 1.79 bits per heavy atom. The predicted octanol–water partition coefficient (Wildman–Crippen LogP) is 2.74. The number of fused-ring (bicyclic) bond motifs is 1. The minimum Gasteiger partial charge on any atom is -0.479 e. The third-order valence-electron chi connectivity index (χ3n) is 4.39. The summed E-state index contributed by atoms with van der Waals surface area (Å²) in [5.41, 5.74) is 10.6. The first kappa shape index (κ1) is 18.8. The lowest BCUT2D eigenvalue weighted by Crippen LogP contribution is -2.36. The van der Waals surface area contributed by atoms with E-state index < -0.39 is 5.60 Å². The van der Waals surface area contributed by atoms with E-state index in [-0.39, 0.29) is 11.2 Å². The highest BCUT2D eigenvalue weighted by atomic mass is 35.5. The van der Waals surface area contributed by atoms with Gasteiger partial charge in [0, 0.05) is 19.2 Å². The smallest absolute Gasteiger partial charge is 0.410 e. The summed E-state index contributed by atoms with van der Waals surface area (Å²) < 4.78 is 11.0. The second kappa shape index (κ2) is 7.55. The molecule has 0 bridgehead atoms. The lowest BCUT2D eigenvalue weighted by molar-refractivity contribution is 0.0275. The van der Waals surface area contributed by atoms with E-state index in [0.717, 1.165) is 25.9 Å². The van der Waals surface area contributed by atoms with Crippen LogP contribution < -0.4 is 11.5 Å². The molecule has 1 heterocycles. The first-order chi connectivity index (χ1) is 11.1. The summed E-state index contributed by atoms with van der Waals surface area (Å²) in [4.78, 5) is 14.0. The summed E-state index contributed by atoms with van der Waals surface area (Å²) in [5.74, 6) is 1.82. The highest BCUT2D eigenvalue weighted by Crippen LogP contribution is 2.42. The average molecular weight is 358 g/mol. The number of hydrogen-bond acceptors (Lipinski definition) is 5. The zero-order valence-corrected chi connectivity index (χ0v) is 15.4. The molecule has 1 aliphatic heterocycles. The predicted molar refractivity (Wildman–Crippen MR) is 93.9 cm³/mol. The lowest BCUT2D eigenvalue weighted by atomic mass is 10.0. The van der Waals surface area contributed by atoms with Crippen LogP contribution in [0.25, 0.3) is 0 Å². The minimum absolute atomic E-state index is 0.166. The molecule has 2 unspecified atom stereocenters. The van der Waals surface area contributed by atoms with Crippen LogP contribution in [-0.2, 0) is 9.47 Å². The summed E-state index contributed by atoms with van der Waals surface area (Å²) >= 11 is 5.53. The van der Waals surface area contributed by atoms with E-state index in [9.17, 15) is 4.79 Å². The molecule has 1 saturated heterocycles. The molecule has 0 aromatic carbocycles. The maximum Gasteiger partial charge on any atom is 0.410 e. The van der Waals surface area contributed by atoms with Gasteiger partial charge in [-0.2, -0.15) is 0 Å². The molecule has 0 aromatic rings. The Labute approximate surface area is 148 Å². The second-order valence-corrected chi connectivity index (χ2v) is 8.11. The fourth-order valence-electron chi connectivity index (χ4n) is 3.46. The number of amides is 1. The molecule has 1 amide bonds. The molecule has 0 aromatic heterocycles. The van der Waals surface area contributed by atoms with Crippen molar-refractivity contribution in [1.29, 1.82) is 0 Å². The Hall–Kier alpha value is -1.56. The molecule has 0 radical (unpaired) electrons. The van der Waals surface area contributed by atoms with E-state index in [2.05, 4.69) is 0 Å². The third-order valence-corrected chi connectivity index (χ3v) is 4.52. The fraction of sp³-hybridized carbons (Fsp3) is 0.706. The molecule has 136 valence electrons. The highest BCUT2D eigenvalue weighted by Gasteiger charge is 2.43. The molecule has 7 heteroatoms. The molecule has 1 aliphatic carbocycles. The number of halogens is 1. The Morgan fingerprint density at radius 1 is 1.21 bits per heavy atom. The first-order valence-corrected chi connectivity index (χ1v) is 8.71. The fourth-order valence-corrected chi connectivity index (χ4v) is 3.52. The van der Waals surface area contributed by atoms with Gasteiger partial charge in [0.15, 0.2) is 5.88 Å². The largest absolute Gasteiger partial charge is 0.479 e. The maximum absolute atomic E-state index is 12.1. The first-order valence-electron chi connectivity index (χ1n) is 8.33. The van der Waals surface area contributed by atoms with Gasteiger partial charge in [-0.25, -0.2) is 4.79 Å². The van der Waals surface area contributed by atoms with Gasteiger partial charge in [-0.3, -0.25) is 0 Å². The number of nitrogens with zero attached hydrogens (tertiary/aromatic N) is 1. The van der Waals surface area contributed by atoms with Gasteiger partial charge in [0.05, 0.1) is 11.8 Å². The molecule has 2 rings (SSSR count). The van der Waals surface area contributed by atoms with Crippen molar-refractivity contribution in [3.8, 4) is 0 Å². The standard InChI is InChI=1S/C17H28ClN3O3/c1-17(2,3)24-16(22)21-8-12-6-11(7-13(12)9-21)10-23-15(20)5-4-14(18)19/h4-5,11-13H,6-10,19-20H2,1-3H3/b14-4-,15-5+. The topological polar surface area (TPSA) is 90.8 Å². The summed E-state index contributed by atoms with van der Waals surface area (Å²) in [6.07, 6.45) is 4.94. The molecule has 4 N–H and O–H groups in total. The van der Waals surface area contributed by atoms with E-state index in [1.165, 1.54) is 6.08 Å². The van der Waals surface area contributed by atoms with Gasteiger partial charge in [0.25, 0.3) is 0 Å². The minimum atomic E-state index is -0.449. The van der Waals surface area contributed by atoms with Crippen molar-refractivity contribution in [1.82, 2.24) is 4.90 Å². The normalized spacial score (nSPS) is 28.0. The van der Waals surface area contributed by atoms with E-state index >= 15 is 0 Å². The van der Waals surface area contributed by atoms with Crippen LogP contribution in [0.15, 0.2) is 23.2 Å². The molecule has 24 heavy (non-hydrogen) atoms. The SMILES string of the molecule is CC(C)(C)OC(=O)N1CC2CC(CO/C(N)=C/C=C(\N)Cl)CC2C1. The Kier molecular flexibility index (Phi) is 5.91. The quantitative estimate of drug-likeness (QED) is 0.458. The average Bonchev–Trinajstić information content (AvgIpc) is 2.99. The number of ether oxygens (including phenoxy) is 2. The summed E-state index contributed by atoms with van der Waals surface area (Å²) in [7, 11) is 0. The summed E-state index contributed by atoms with van der Waals surface area (Å²) in [6.45, 7) is 7.79. The molecule has 2 aliphatic rings. The van der Waals surface area contributed by atoms with Crippen LogP contribution >= 0.6 is 11.6 Å². The highest BCUT2D eigenvalue weighted by molar-refractivity contribution is 6.29. The van der Waals surface area contributed by atoms with Crippen LogP contribution in [0.2, 0.25) is 0 Å². The molecular weight excluding hydrogens is 330 g/mol. The molecule has 2 fully saturated rings. The van der Waals surface area contributed by atoms with Crippen LogP contribution in [0.5, 0.6) is 0 Å². The monoisotopic (exact) mass is 357 g/mol. The number of carbonyl (C=O) groups is 1. The van der Waals surface area contributed by atoms with E-state index in [1.54, 1.807) is 6.08 Å².